The molecule has 0 unspecified atom stereocenters. The van der Waals surface area contributed by atoms with E-state index in [0.717, 1.165) is 31.5 Å². The molecule has 1 fully saturated rings. The van der Waals surface area contributed by atoms with Crippen molar-refractivity contribution in [2.24, 2.45) is 0 Å². The quantitative estimate of drug-likeness (QED) is 0.790. The summed E-state index contributed by atoms with van der Waals surface area (Å²) >= 11 is 12.1. The molecule has 0 aromatic heterocycles. The van der Waals surface area contributed by atoms with Crippen molar-refractivity contribution in [3.8, 4) is 0 Å². The summed E-state index contributed by atoms with van der Waals surface area (Å²) in [5.74, 6) is 0. The van der Waals surface area contributed by atoms with E-state index >= 15 is 0 Å². The van der Waals surface area contributed by atoms with Gasteiger partial charge in [-0.05, 0) is 37.6 Å². The van der Waals surface area contributed by atoms with Gasteiger partial charge in [0.2, 0.25) is 0 Å². The Kier molecular flexibility index (Phi) is 3.68. The number of rotatable bonds is 1. The van der Waals surface area contributed by atoms with Crippen LogP contribution in [0.15, 0.2) is 23.8 Å². The topological polar surface area (TPSA) is 12.0 Å². The Morgan fingerprint density at radius 3 is 2.60 bits per heavy atom. The highest BCUT2D eigenvalue weighted by molar-refractivity contribution is 6.42. The van der Waals surface area contributed by atoms with E-state index in [0.29, 0.717) is 10.0 Å². The molecule has 0 radical (unpaired) electrons. The number of halogens is 2. The first-order valence-electron chi connectivity index (χ1n) is 5.11. The Morgan fingerprint density at radius 1 is 1.13 bits per heavy atom. The summed E-state index contributed by atoms with van der Waals surface area (Å²) in [5.41, 5.74) is 2.47. The number of hydrogen-bond donors (Lipinski definition) is 1. The molecule has 0 aliphatic carbocycles. The van der Waals surface area contributed by atoms with Crippen molar-refractivity contribution in [2.45, 2.75) is 12.8 Å². The van der Waals surface area contributed by atoms with E-state index in [2.05, 4.69) is 11.4 Å². The maximum Gasteiger partial charge on any atom is 0.0664 e. The molecule has 3 heteroatoms. The van der Waals surface area contributed by atoms with E-state index in [1.807, 2.05) is 18.2 Å². The van der Waals surface area contributed by atoms with Crippen LogP contribution in [0.5, 0.6) is 0 Å². The van der Waals surface area contributed by atoms with Crippen LogP contribution < -0.4 is 5.32 Å². The summed E-state index contributed by atoms with van der Waals surface area (Å²) in [6.45, 7) is 2.12. The van der Waals surface area contributed by atoms with E-state index in [9.17, 15) is 0 Å². The highest BCUT2D eigenvalue weighted by Gasteiger charge is 2.06. The van der Waals surface area contributed by atoms with Crippen LogP contribution in [-0.2, 0) is 0 Å². The fraction of sp³-hybridized carbons (Fsp3) is 0.333. The molecular weight excluding hydrogens is 229 g/mol. The van der Waals surface area contributed by atoms with Crippen molar-refractivity contribution in [2.75, 3.05) is 13.1 Å². The number of nitrogens with one attached hydrogen (secondary N) is 1. The first kappa shape index (κ1) is 11.0. The summed E-state index contributed by atoms with van der Waals surface area (Å²) in [4.78, 5) is 0. The predicted octanol–water partition coefficient (Wildman–Crippen LogP) is 3.76. The van der Waals surface area contributed by atoms with Crippen LogP contribution in [0.1, 0.15) is 18.4 Å². The van der Waals surface area contributed by atoms with E-state index in [-0.39, 0.29) is 0 Å². The van der Waals surface area contributed by atoms with Crippen LogP contribution in [0.4, 0.5) is 0 Å². The average Bonchev–Trinajstić information content (AvgIpc) is 2.26. The van der Waals surface area contributed by atoms with Gasteiger partial charge in [-0.25, -0.2) is 0 Å². The van der Waals surface area contributed by atoms with Crippen molar-refractivity contribution >= 4 is 29.3 Å². The van der Waals surface area contributed by atoms with Gasteiger partial charge in [-0.3, -0.25) is 0 Å². The smallest absolute Gasteiger partial charge is 0.0664 e. The van der Waals surface area contributed by atoms with Crippen LogP contribution in [0.3, 0.4) is 0 Å². The number of benzene rings is 1. The predicted molar refractivity (Wildman–Crippen MR) is 66.5 cm³/mol. The molecule has 1 aliphatic heterocycles. The maximum atomic E-state index is 6.12. The molecule has 0 atom stereocenters. The summed E-state index contributed by atoms with van der Waals surface area (Å²) < 4.78 is 0. The van der Waals surface area contributed by atoms with Gasteiger partial charge in [0.05, 0.1) is 10.0 Å². The molecule has 1 heterocycles. The van der Waals surface area contributed by atoms with Gasteiger partial charge < -0.3 is 5.32 Å². The van der Waals surface area contributed by atoms with Crippen molar-refractivity contribution in [1.82, 2.24) is 5.32 Å². The van der Waals surface area contributed by atoms with Gasteiger partial charge >= 0.3 is 0 Å². The molecule has 2 rings (SSSR count). The molecular formula is C12H13Cl2N. The van der Waals surface area contributed by atoms with Crippen molar-refractivity contribution < 1.29 is 0 Å². The van der Waals surface area contributed by atoms with E-state index in [1.54, 1.807) is 0 Å². The zero-order valence-electron chi connectivity index (χ0n) is 8.39. The molecule has 1 aromatic carbocycles. The largest absolute Gasteiger partial charge is 0.316 e. The SMILES string of the molecule is Clc1cccc(C=C2CCNCC2)c1Cl. The van der Waals surface area contributed by atoms with Gasteiger partial charge in [-0.15, -0.1) is 0 Å². The van der Waals surface area contributed by atoms with Crippen LogP contribution in [0.2, 0.25) is 10.0 Å². The highest BCUT2D eigenvalue weighted by atomic mass is 35.5. The highest BCUT2D eigenvalue weighted by Crippen LogP contribution is 2.28. The van der Waals surface area contributed by atoms with Gasteiger partial charge in [0.15, 0.2) is 0 Å². The average molecular weight is 242 g/mol. The molecule has 0 saturated carbocycles. The van der Waals surface area contributed by atoms with Crippen molar-refractivity contribution in [3.63, 3.8) is 0 Å². The second kappa shape index (κ2) is 5.02. The van der Waals surface area contributed by atoms with Crippen LogP contribution >= 0.6 is 23.2 Å². The lowest BCUT2D eigenvalue weighted by atomic mass is 10.0. The van der Waals surface area contributed by atoms with Gasteiger partial charge in [0.1, 0.15) is 0 Å². The molecule has 1 N–H and O–H groups in total. The molecule has 1 saturated heterocycles. The molecule has 15 heavy (non-hydrogen) atoms. The third-order valence-corrected chi connectivity index (χ3v) is 3.42. The van der Waals surface area contributed by atoms with Crippen molar-refractivity contribution in [1.29, 1.82) is 0 Å². The van der Waals surface area contributed by atoms with Gasteiger partial charge in [-0.1, -0.05) is 47.0 Å². The summed E-state index contributed by atoms with van der Waals surface area (Å²) in [7, 11) is 0. The minimum atomic E-state index is 0.625. The fourth-order valence-corrected chi connectivity index (χ4v) is 2.11. The molecule has 1 aromatic rings. The molecule has 0 amide bonds. The minimum absolute atomic E-state index is 0.625. The standard InChI is InChI=1S/C12H13Cl2N/c13-11-3-1-2-10(12(11)14)8-9-4-6-15-7-5-9/h1-3,8,15H,4-7H2. The van der Waals surface area contributed by atoms with E-state index < -0.39 is 0 Å². The Balaban J connectivity index is 2.25. The van der Waals surface area contributed by atoms with Crippen molar-refractivity contribution in [3.05, 3.63) is 39.4 Å². The summed E-state index contributed by atoms with van der Waals surface area (Å²) in [6.07, 6.45) is 4.36. The lowest BCUT2D eigenvalue weighted by Gasteiger charge is -2.15. The third kappa shape index (κ3) is 2.75. The van der Waals surface area contributed by atoms with Crippen LogP contribution in [0.25, 0.3) is 6.08 Å². The second-order valence-electron chi connectivity index (χ2n) is 3.70. The fourth-order valence-electron chi connectivity index (χ4n) is 1.74. The first-order chi connectivity index (χ1) is 7.27. The minimum Gasteiger partial charge on any atom is -0.316 e. The lowest BCUT2D eigenvalue weighted by molar-refractivity contribution is 0.613. The van der Waals surface area contributed by atoms with Gasteiger partial charge in [0.25, 0.3) is 0 Å². The number of piperidine rings is 1. The van der Waals surface area contributed by atoms with Crippen LogP contribution in [-0.4, -0.2) is 13.1 Å². The zero-order chi connectivity index (χ0) is 10.7. The molecule has 0 spiro atoms. The Labute approximate surface area is 100 Å². The second-order valence-corrected chi connectivity index (χ2v) is 4.48. The first-order valence-corrected chi connectivity index (χ1v) is 5.87. The third-order valence-electron chi connectivity index (χ3n) is 2.59. The molecule has 0 bridgehead atoms. The summed E-state index contributed by atoms with van der Waals surface area (Å²) in [6, 6.07) is 5.75. The van der Waals surface area contributed by atoms with E-state index in [1.165, 1.54) is 5.57 Å². The Bertz CT molecular complexity index is 377. The molecule has 1 aliphatic rings. The maximum absolute atomic E-state index is 6.12. The Morgan fingerprint density at radius 2 is 1.87 bits per heavy atom. The molecule has 1 nitrogen and oxygen atoms in total. The van der Waals surface area contributed by atoms with Gasteiger partial charge in [-0.2, -0.15) is 0 Å². The Hall–Kier alpha value is -0.500. The lowest BCUT2D eigenvalue weighted by Crippen LogP contribution is -2.22. The monoisotopic (exact) mass is 241 g/mol. The summed E-state index contributed by atoms with van der Waals surface area (Å²) in [5, 5.41) is 4.61. The normalized spacial score (nSPS) is 16.5. The van der Waals surface area contributed by atoms with Gasteiger partial charge in [0, 0.05) is 0 Å². The molecule has 80 valence electrons. The van der Waals surface area contributed by atoms with Crippen LogP contribution in [0, 0.1) is 0 Å². The number of hydrogen-bond acceptors (Lipinski definition) is 1. The zero-order valence-corrected chi connectivity index (χ0v) is 9.91. The van der Waals surface area contributed by atoms with E-state index in [4.69, 9.17) is 23.2 Å².